The maximum Gasteiger partial charge on any atom is 0.205 e. The van der Waals surface area contributed by atoms with E-state index in [1.165, 1.54) is 0 Å². The Hall–Kier alpha value is -1.06. The molecule has 0 unspecified atom stereocenters. The fourth-order valence-corrected chi connectivity index (χ4v) is 1.61. The highest BCUT2D eigenvalue weighted by Crippen LogP contribution is 2.29. The fourth-order valence-electron chi connectivity index (χ4n) is 1.61. The number of carbonyl (C=O) groups excluding carboxylic acids is 1. The maximum atomic E-state index is 10.9. The first-order valence-electron chi connectivity index (χ1n) is 5.57. The van der Waals surface area contributed by atoms with Gasteiger partial charge in [0.05, 0.1) is 0 Å². The second kappa shape index (κ2) is 7.26. The number of rotatable bonds is 8. The van der Waals surface area contributed by atoms with Gasteiger partial charge < -0.3 is 11.1 Å². The van der Waals surface area contributed by atoms with Crippen molar-refractivity contribution in [2.75, 3.05) is 6.54 Å². The second-order valence-corrected chi connectivity index (χ2v) is 3.89. The summed E-state index contributed by atoms with van der Waals surface area (Å²) in [7, 11) is 0. The Morgan fingerprint density at radius 3 is 2.40 bits per heavy atom. The van der Waals surface area contributed by atoms with Gasteiger partial charge in [0.15, 0.2) is 5.96 Å². The predicted octanol–water partition coefficient (Wildman–Crippen LogP) is 1.56. The van der Waals surface area contributed by atoms with Gasteiger partial charge in [-0.25, -0.2) is 0 Å². The van der Waals surface area contributed by atoms with Gasteiger partial charge >= 0.3 is 0 Å². The quantitative estimate of drug-likeness (QED) is 0.324. The molecular formula is C11H22N3O. The Kier molecular flexibility index (Phi) is 6.75. The summed E-state index contributed by atoms with van der Waals surface area (Å²) >= 11 is 0. The summed E-state index contributed by atoms with van der Waals surface area (Å²) < 4.78 is 0. The van der Waals surface area contributed by atoms with Gasteiger partial charge in [-0.05, 0) is 25.7 Å². The van der Waals surface area contributed by atoms with Gasteiger partial charge in [0.2, 0.25) is 6.29 Å². The van der Waals surface area contributed by atoms with Crippen molar-refractivity contribution in [2.24, 2.45) is 11.1 Å². The van der Waals surface area contributed by atoms with E-state index in [2.05, 4.69) is 11.6 Å². The highest BCUT2D eigenvalue weighted by molar-refractivity contribution is 5.74. The summed E-state index contributed by atoms with van der Waals surface area (Å²) in [5.41, 5.74) is 4.90. The van der Waals surface area contributed by atoms with Crippen LogP contribution < -0.4 is 11.1 Å². The standard InChI is InChI=1S/C11H22N3O/c1-3-11(4-2,9-15)7-5-6-8-14-10(12)13/h3-8H2,1-2H3,(H4,12,13,14). The van der Waals surface area contributed by atoms with E-state index in [-0.39, 0.29) is 11.4 Å². The molecule has 1 radical (unpaired) electrons. The van der Waals surface area contributed by atoms with Crippen LogP contribution in [0.25, 0.3) is 0 Å². The molecule has 0 aliphatic rings. The largest absolute Gasteiger partial charge is 0.370 e. The monoisotopic (exact) mass is 212 g/mol. The van der Waals surface area contributed by atoms with E-state index in [1.54, 1.807) is 0 Å². The molecule has 4 N–H and O–H groups in total. The van der Waals surface area contributed by atoms with E-state index in [9.17, 15) is 4.79 Å². The molecule has 0 rings (SSSR count). The van der Waals surface area contributed by atoms with Gasteiger partial charge in [-0.3, -0.25) is 10.2 Å². The molecule has 87 valence electrons. The van der Waals surface area contributed by atoms with Crippen molar-refractivity contribution < 1.29 is 4.79 Å². The minimum Gasteiger partial charge on any atom is -0.370 e. The zero-order chi connectivity index (χ0) is 11.7. The van der Waals surface area contributed by atoms with Crippen molar-refractivity contribution in [1.29, 1.82) is 5.41 Å². The molecular weight excluding hydrogens is 190 g/mol. The Balaban J connectivity index is 3.72. The summed E-state index contributed by atoms with van der Waals surface area (Å²) in [6.07, 6.45) is 6.67. The molecule has 15 heavy (non-hydrogen) atoms. The SMILES string of the molecule is CCC([C]=O)(CC)CCCCNC(=N)N. The van der Waals surface area contributed by atoms with E-state index in [0.717, 1.165) is 32.1 Å². The van der Waals surface area contributed by atoms with Crippen LogP contribution in [0.4, 0.5) is 0 Å². The van der Waals surface area contributed by atoms with Crippen molar-refractivity contribution in [1.82, 2.24) is 5.32 Å². The molecule has 0 amide bonds. The maximum absolute atomic E-state index is 10.9. The van der Waals surface area contributed by atoms with Crippen LogP contribution in [0.1, 0.15) is 46.0 Å². The van der Waals surface area contributed by atoms with E-state index >= 15 is 0 Å². The van der Waals surface area contributed by atoms with Crippen molar-refractivity contribution in [3.63, 3.8) is 0 Å². The smallest absolute Gasteiger partial charge is 0.205 e. The Bertz CT molecular complexity index is 200. The zero-order valence-corrected chi connectivity index (χ0v) is 9.73. The molecule has 0 spiro atoms. The number of hydrogen-bond acceptors (Lipinski definition) is 2. The first-order valence-corrected chi connectivity index (χ1v) is 5.57. The van der Waals surface area contributed by atoms with Gasteiger partial charge in [0.1, 0.15) is 0 Å². The highest BCUT2D eigenvalue weighted by Gasteiger charge is 2.25. The normalized spacial score (nSPS) is 11.1. The number of nitrogens with one attached hydrogen (secondary N) is 2. The molecule has 0 aliphatic carbocycles. The van der Waals surface area contributed by atoms with Crippen LogP contribution in [0.3, 0.4) is 0 Å². The Morgan fingerprint density at radius 1 is 1.40 bits per heavy atom. The third-order valence-electron chi connectivity index (χ3n) is 2.97. The molecule has 0 aliphatic heterocycles. The van der Waals surface area contributed by atoms with Gasteiger partial charge in [-0.1, -0.05) is 20.3 Å². The molecule has 0 heterocycles. The minimum atomic E-state index is -0.254. The summed E-state index contributed by atoms with van der Waals surface area (Å²) in [4.78, 5) is 10.9. The average Bonchev–Trinajstić information content (AvgIpc) is 2.24. The summed E-state index contributed by atoms with van der Waals surface area (Å²) in [5, 5.41) is 9.71. The van der Waals surface area contributed by atoms with Crippen LogP contribution in [0.2, 0.25) is 0 Å². The molecule has 0 aromatic heterocycles. The Morgan fingerprint density at radius 2 is 2.00 bits per heavy atom. The lowest BCUT2D eigenvalue weighted by atomic mass is 9.79. The van der Waals surface area contributed by atoms with Crippen LogP contribution in [-0.4, -0.2) is 18.8 Å². The molecule has 0 aromatic rings. The average molecular weight is 212 g/mol. The topological polar surface area (TPSA) is 79.0 Å². The van der Waals surface area contributed by atoms with Crippen molar-refractivity contribution in [3.05, 3.63) is 0 Å². The number of nitrogens with two attached hydrogens (primary N) is 1. The van der Waals surface area contributed by atoms with Gasteiger partial charge in [0, 0.05) is 12.0 Å². The number of unbranched alkanes of at least 4 members (excludes halogenated alkanes) is 1. The lowest BCUT2D eigenvalue weighted by Gasteiger charge is -2.23. The van der Waals surface area contributed by atoms with Crippen LogP contribution in [0.5, 0.6) is 0 Å². The van der Waals surface area contributed by atoms with E-state index in [4.69, 9.17) is 11.1 Å². The lowest BCUT2D eigenvalue weighted by molar-refractivity contribution is 0.323. The third-order valence-corrected chi connectivity index (χ3v) is 2.97. The molecule has 4 heteroatoms. The molecule has 0 saturated heterocycles. The first kappa shape index (κ1) is 13.9. The van der Waals surface area contributed by atoms with Crippen LogP contribution in [0, 0.1) is 10.8 Å². The van der Waals surface area contributed by atoms with Crippen LogP contribution >= 0.6 is 0 Å². The van der Waals surface area contributed by atoms with E-state index < -0.39 is 0 Å². The summed E-state index contributed by atoms with van der Waals surface area (Å²) in [6, 6.07) is 0. The number of guanidine groups is 1. The summed E-state index contributed by atoms with van der Waals surface area (Å²) in [6.45, 7) is 4.77. The van der Waals surface area contributed by atoms with Crippen LogP contribution in [0.15, 0.2) is 0 Å². The highest BCUT2D eigenvalue weighted by atomic mass is 16.1. The summed E-state index contributed by atoms with van der Waals surface area (Å²) in [5.74, 6) is 0.00851. The van der Waals surface area contributed by atoms with Gasteiger partial charge in [0.25, 0.3) is 0 Å². The van der Waals surface area contributed by atoms with Crippen molar-refractivity contribution in [2.45, 2.75) is 46.0 Å². The molecule has 0 bridgehead atoms. The third kappa shape index (κ3) is 5.40. The predicted molar refractivity (Wildman–Crippen MR) is 62.5 cm³/mol. The van der Waals surface area contributed by atoms with Crippen molar-refractivity contribution >= 4 is 12.2 Å². The molecule has 0 aromatic carbocycles. The number of hydrogen-bond donors (Lipinski definition) is 3. The second-order valence-electron chi connectivity index (χ2n) is 3.89. The fraction of sp³-hybridized carbons (Fsp3) is 0.818. The molecule has 4 nitrogen and oxygen atoms in total. The Labute approximate surface area is 92.1 Å². The van der Waals surface area contributed by atoms with Gasteiger partial charge in [-0.15, -0.1) is 0 Å². The molecule has 0 saturated carbocycles. The zero-order valence-electron chi connectivity index (χ0n) is 9.73. The molecule has 0 atom stereocenters. The van der Waals surface area contributed by atoms with E-state index in [1.807, 2.05) is 13.8 Å². The first-order chi connectivity index (χ1) is 7.10. The van der Waals surface area contributed by atoms with Crippen LogP contribution in [-0.2, 0) is 4.79 Å². The molecule has 0 fully saturated rings. The van der Waals surface area contributed by atoms with E-state index in [0.29, 0.717) is 6.54 Å². The van der Waals surface area contributed by atoms with Crippen molar-refractivity contribution in [3.8, 4) is 0 Å². The minimum absolute atomic E-state index is 0.00851. The lowest BCUT2D eigenvalue weighted by Crippen LogP contribution is -2.31. The van der Waals surface area contributed by atoms with Gasteiger partial charge in [-0.2, -0.15) is 0 Å².